The van der Waals surface area contributed by atoms with Crippen LogP contribution in [0.4, 0.5) is 18.0 Å². The molecule has 2 rings (SSSR count). The fourth-order valence-corrected chi connectivity index (χ4v) is 2.79. The van der Waals surface area contributed by atoms with E-state index in [0.717, 1.165) is 5.56 Å². The number of rotatable bonds is 3. The number of alkyl carbamates (subject to hydrolysis) is 1. The van der Waals surface area contributed by atoms with Gasteiger partial charge in [-0.2, -0.15) is 13.2 Å². The van der Waals surface area contributed by atoms with E-state index in [2.05, 4.69) is 5.32 Å². The van der Waals surface area contributed by atoms with Crippen molar-refractivity contribution < 1.29 is 22.7 Å². The number of alkyl halides is 3. The molecule has 0 aromatic heterocycles. The van der Waals surface area contributed by atoms with E-state index in [0.29, 0.717) is 6.54 Å². The van der Waals surface area contributed by atoms with Gasteiger partial charge >= 0.3 is 12.3 Å². The Morgan fingerprint density at radius 2 is 1.83 bits per heavy atom. The molecular weight excluding hydrogens is 321 g/mol. The van der Waals surface area contributed by atoms with E-state index in [-0.39, 0.29) is 13.1 Å². The number of likely N-dealkylation sites (tertiary alicyclic amines) is 1. The Morgan fingerprint density at radius 1 is 1.21 bits per heavy atom. The molecule has 2 atom stereocenters. The third-order valence-corrected chi connectivity index (χ3v) is 3.77. The van der Waals surface area contributed by atoms with Gasteiger partial charge in [0.25, 0.3) is 0 Å². The lowest BCUT2D eigenvalue weighted by Crippen LogP contribution is -2.47. The summed E-state index contributed by atoms with van der Waals surface area (Å²) < 4.78 is 45.0. The van der Waals surface area contributed by atoms with Crippen molar-refractivity contribution in [2.75, 3.05) is 13.1 Å². The van der Waals surface area contributed by atoms with E-state index in [1.54, 1.807) is 25.7 Å². The van der Waals surface area contributed by atoms with Crippen LogP contribution in [0, 0.1) is 5.92 Å². The maximum atomic E-state index is 13.3. The molecule has 4 nitrogen and oxygen atoms in total. The molecule has 0 bridgehead atoms. The minimum atomic E-state index is -4.37. The van der Waals surface area contributed by atoms with E-state index < -0.39 is 29.8 Å². The Kier molecular flexibility index (Phi) is 5.42. The van der Waals surface area contributed by atoms with E-state index in [4.69, 9.17) is 4.74 Å². The highest BCUT2D eigenvalue weighted by atomic mass is 19.4. The summed E-state index contributed by atoms with van der Waals surface area (Å²) in [6.07, 6.45) is -5.19. The predicted molar refractivity (Wildman–Crippen MR) is 84.4 cm³/mol. The molecule has 7 heteroatoms. The second-order valence-electron chi connectivity index (χ2n) is 7.08. The number of ether oxygens (including phenoxy) is 1. The molecule has 0 aliphatic carbocycles. The normalized spacial score (nSPS) is 22.4. The van der Waals surface area contributed by atoms with Gasteiger partial charge in [0.15, 0.2) is 0 Å². The molecule has 1 amide bonds. The topological polar surface area (TPSA) is 41.6 Å². The fraction of sp³-hybridized carbons (Fsp3) is 0.588. The number of nitrogens with one attached hydrogen (secondary N) is 1. The predicted octanol–water partition coefficient (Wildman–Crippen LogP) is 3.57. The summed E-state index contributed by atoms with van der Waals surface area (Å²) >= 11 is 0. The van der Waals surface area contributed by atoms with Gasteiger partial charge in [0, 0.05) is 19.6 Å². The summed E-state index contributed by atoms with van der Waals surface area (Å²) in [5.41, 5.74) is 0.191. The second kappa shape index (κ2) is 7.01. The van der Waals surface area contributed by atoms with Crippen molar-refractivity contribution in [2.45, 2.75) is 45.1 Å². The van der Waals surface area contributed by atoms with E-state index in [1.165, 1.54) is 0 Å². The SMILES string of the molecule is CC(C)(C)OC(=O)NC1CN(Cc2ccccc2)CC1C(F)(F)F. The lowest BCUT2D eigenvalue weighted by Gasteiger charge is -2.25. The van der Waals surface area contributed by atoms with Crippen LogP contribution in [0.15, 0.2) is 30.3 Å². The largest absolute Gasteiger partial charge is 0.444 e. The first-order valence-electron chi connectivity index (χ1n) is 7.87. The number of halogens is 3. The van der Waals surface area contributed by atoms with E-state index >= 15 is 0 Å². The zero-order valence-corrected chi connectivity index (χ0v) is 14.1. The van der Waals surface area contributed by atoms with Gasteiger partial charge in [-0.1, -0.05) is 30.3 Å². The van der Waals surface area contributed by atoms with Gasteiger partial charge < -0.3 is 10.1 Å². The molecule has 1 fully saturated rings. The number of hydrogen-bond donors (Lipinski definition) is 1. The van der Waals surface area contributed by atoms with Gasteiger partial charge in [0.2, 0.25) is 0 Å². The molecule has 1 saturated heterocycles. The van der Waals surface area contributed by atoms with Crippen LogP contribution in [0.25, 0.3) is 0 Å². The maximum absolute atomic E-state index is 13.3. The van der Waals surface area contributed by atoms with Crippen LogP contribution in [0.3, 0.4) is 0 Å². The molecule has 2 unspecified atom stereocenters. The molecule has 0 spiro atoms. The zero-order valence-electron chi connectivity index (χ0n) is 14.1. The first kappa shape index (κ1) is 18.6. The van der Waals surface area contributed by atoms with Crippen LogP contribution in [0.2, 0.25) is 0 Å². The molecule has 1 aromatic rings. The van der Waals surface area contributed by atoms with Gasteiger partial charge in [-0.05, 0) is 26.3 Å². The number of nitrogens with zero attached hydrogens (tertiary/aromatic N) is 1. The lowest BCUT2D eigenvalue weighted by atomic mass is 10.0. The fourth-order valence-electron chi connectivity index (χ4n) is 2.79. The van der Waals surface area contributed by atoms with Crippen molar-refractivity contribution in [2.24, 2.45) is 5.92 Å². The Balaban J connectivity index is 2.03. The van der Waals surface area contributed by atoms with Crippen LogP contribution in [-0.2, 0) is 11.3 Å². The van der Waals surface area contributed by atoms with E-state index in [9.17, 15) is 18.0 Å². The summed E-state index contributed by atoms with van der Waals surface area (Å²) in [5, 5.41) is 2.38. The lowest BCUT2D eigenvalue weighted by molar-refractivity contribution is -0.175. The Morgan fingerprint density at radius 3 is 2.38 bits per heavy atom. The van der Waals surface area contributed by atoms with Crippen molar-refractivity contribution in [3.63, 3.8) is 0 Å². The summed E-state index contributed by atoms with van der Waals surface area (Å²) in [6, 6.07) is 8.29. The summed E-state index contributed by atoms with van der Waals surface area (Å²) in [6.45, 7) is 5.43. The molecule has 1 N–H and O–H groups in total. The highest BCUT2D eigenvalue weighted by molar-refractivity contribution is 5.68. The Bertz CT molecular complexity index is 555. The molecular formula is C17H23F3N2O2. The van der Waals surface area contributed by atoms with Gasteiger partial charge in [-0.25, -0.2) is 4.79 Å². The van der Waals surface area contributed by atoms with Crippen LogP contribution in [0.1, 0.15) is 26.3 Å². The summed E-state index contributed by atoms with van der Waals surface area (Å²) in [4.78, 5) is 13.5. The van der Waals surface area contributed by atoms with Crippen molar-refractivity contribution in [1.82, 2.24) is 10.2 Å². The highest BCUT2D eigenvalue weighted by Gasteiger charge is 2.50. The average molecular weight is 344 g/mol. The monoisotopic (exact) mass is 344 g/mol. The zero-order chi connectivity index (χ0) is 18.0. The minimum absolute atomic E-state index is 0.137. The standard InChI is InChI=1S/C17H23F3N2O2/c1-16(2,3)24-15(23)21-14-11-22(10-13(14)17(18,19)20)9-12-7-5-4-6-8-12/h4-8,13-14H,9-11H2,1-3H3,(H,21,23). The molecule has 1 aliphatic heterocycles. The van der Waals surface area contributed by atoms with E-state index in [1.807, 2.05) is 30.3 Å². The highest BCUT2D eigenvalue weighted by Crippen LogP contribution is 2.34. The van der Waals surface area contributed by atoms with Crippen LogP contribution < -0.4 is 5.32 Å². The molecule has 134 valence electrons. The summed E-state index contributed by atoms with van der Waals surface area (Å²) in [7, 11) is 0. The first-order valence-corrected chi connectivity index (χ1v) is 7.87. The van der Waals surface area contributed by atoms with Gasteiger partial charge in [0.05, 0.1) is 12.0 Å². The minimum Gasteiger partial charge on any atom is -0.444 e. The number of carbonyl (C=O) groups excluding carboxylic acids is 1. The average Bonchev–Trinajstić information content (AvgIpc) is 2.80. The number of hydrogen-bond acceptors (Lipinski definition) is 3. The number of benzene rings is 1. The van der Waals surface area contributed by atoms with Crippen LogP contribution in [0.5, 0.6) is 0 Å². The third kappa shape index (κ3) is 5.40. The van der Waals surface area contributed by atoms with Crippen molar-refractivity contribution >= 4 is 6.09 Å². The Labute approximate surface area is 140 Å². The van der Waals surface area contributed by atoms with Gasteiger partial charge in [-0.3, -0.25) is 4.90 Å². The Hall–Kier alpha value is -1.76. The molecule has 24 heavy (non-hydrogen) atoms. The van der Waals surface area contributed by atoms with Crippen molar-refractivity contribution in [3.8, 4) is 0 Å². The maximum Gasteiger partial charge on any atom is 0.407 e. The molecule has 1 heterocycles. The third-order valence-electron chi connectivity index (χ3n) is 3.77. The summed E-state index contributed by atoms with van der Waals surface area (Å²) in [5.74, 6) is -1.60. The smallest absolute Gasteiger partial charge is 0.407 e. The molecule has 0 radical (unpaired) electrons. The quantitative estimate of drug-likeness (QED) is 0.911. The first-order chi connectivity index (χ1) is 11.0. The van der Waals surface area contributed by atoms with Gasteiger partial charge in [0.1, 0.15) is 5.60 Å². The van der Waals surface area contributed by atoms with Crippen LogP contribution >= 0.6 is 0 Å². The molecule has 1 aromatic carbocycles. The van der Waals surface area contributed by atoms with Crippen LogP contribution in [-0.4, -0.2) is 41.9 Å². The van der Waals surface area contributed by atoms with Crippen molar-refractivity contribution in [1.29, 1.82) is 0 Å². The number of amides is 1. The van der Waals surface area contributed by atoms with Gasteiger partial charge in [-0.15, -0.1) is 0 Å². The van der Waals surface area contributed by atoms with Crippen molar-refractivity contribution in [3.05, 3.63) is 35.9 Å². The number of carbonyl (C=O) groups is 1. The second-order valence-corrected chi connectivity index (χ2v) is 7.08. The molecule has 1 aliphatic rings. The molecule has 0 saturated carbocycles.